The summed E-state index contributed by atoms with van der Waals surface area (Å²) in [5.41, 5.74) is 0.549. The molecule has 0 fully saturated rings. The van der Waals surface area contributed by atoms with E-state index in [-0.39, 0.29) is 5.92 Å². The van der Waals surface area contributed by atoms with Crippen LogP contribution in [0.4, 0.5) is 0 Å². The van der Waals surface area contributed by atoms with E-state index in [1.165, 1.54) is 5.57 Å². The molecule has 70 valence electrons. The van der Waals surface area contributed by atoms with Gasteiger partial charge in [-0.2, -0.15) is 0 Å². The third kappa shape index (κ3) is 3.72. The first-order valence-electron chi connectivity index (χ1n) is 4.39. The summed E-state index contributed by atoms with van der Waals surface area (Å²) in [6.07, 6.45) is 4.65. The van der Waals surface area contributed by atoms with Crippen LogP contribution in [-0.4, -0.2) is 10.7 Å². The molecule has 0 amide bonds. The Balaban J connectivity index is 4.12. The second-order valence-corrected chi connectivity index (χ2v) is 3.85. The van der Waals surface area contributed by atoms with Gasteiger partial charge in [-0.15, -0.1) is 6.58 Å². The number of allylic oxidation sites excluding steroid dienone is 2. The van der Waals surface area contributed by atoms with Crippen molar-refractivity contribution < 1.29 is 5.11 Å². The van der Waals surface area contributed by atoms with Gasteiger partial charge in [0, 0.05) is 0 Å². The predicted octanol–water partition coefficient (Wildman–Crippen LogP) is 2.92. The van der Waals surface area contributed by atoms with Crippen molar-refractivity contribution >= 4 is 0 Å². The van der Waals surface area contributed by atoms with Crippen molar-refractivity contribution in [3.8, 4) is 0 Å². The molecule has 0 aliphatic heterocycles. The summed E-state index contributed by atoms with van der Waals surface area (Å²) in [5, 5.41) is 9.76. The molecule has 0 aromatic heterocycles. The molecule has 0 bridgehead atoms. The summed E-state index contributed by atoms with van der Waals surface area (Å²) >= 11 is 0. The molecule has 0 saturated carbocycles. The average molecular weight is 168 g/mol. The van der Waals surface area contributed by atoms with Crippen LogP contribution in [-0.2, 0) is 0 Å². The fraction of sp³-hybridized carbons (Fsp3) is 0.636. The van der Waals surface area contributed by atoms with Crippen molar-refractivity contribution in [2.24, 2.45) is 5.92 Å². The Hall–Kier alpha value is -0.560. The fourth-order valence-electron chi connectivity index (χ4n) is 0.852. The van der Waals surface area contributed by atoms with Gasteiger partial charge in [0.05, 0.1) is 5.60 Å². The highest BCUT2D eigenvalue weighted by Gasteiger charge is 2.22. The van der Waals surface area contributed by atoms with E-state index in [1.807, 2.05) is 6.92 Å². The lowest BCUT2D eigenvalue weighted by molar-refractivity contribution is 0.0559. The topological polar surface area (TPSA) is 20.2 Å². The van der Waals surface area contributed by atoms with Gasteiger partial charge in [0.2, 0.25) is 0 Å². The van der Waals surface area contributed by atoms with Crippen LogP contribution in [0.1, 0.15) is 34.1 Å². The molecular weight excluding hydrogens is 148 g/mol. The summed E-state index contributed by atoms with van der Waals surface area (Å²) < 4.78 is 0. The SMILES string of the molecule is C=CC(C)(O)C(C)CC=C(C)C. The molecule has 0 aliphatic rings. The quantitative estimate of drug-likeness (QED) is 0.640. The Morgan fingerprint density at radius 3 is 2.42 bits per heavy atom. The van der Waals surface area contributed by atoms with E-state index in [4.69, 9.17) is 0 Å². The molecule has 0 spiro atoms. The van der Waals surface area contributed by atoms with Crippen molar-refractivity contribution in [1.82, 2.24) is 0 Å². The minimum Gasteiger partial charge on any atom is -0.386 e. The molecule has 12 heavy (non-hydrogen) atoms. The third-order valence-electron chi connectivity index (χ3n) is 2.29. The molecule has 0 aromatic rings. The van der Waals surface area contributed by atoms with E-state index in [9.17, 15) is 5.11 Å². The largest absolute Gasteiger partial charge is 0.386 e. The zero-order valence-corrected chi connectivity index (χ0v) is 8.59. The van der Waals surface area contributed by atoms with Gasteiger partial charge in [-0.1, -0.05) is 24.6 Å². The van der Waals surface area contributed by atoms with Crippen LogP contribution in [0.25, 0.3) is 0 Å². The lowest BCUT2D eigenvalue weighted by Gasteiger charge is -2.25. The van der Waals surface area contributed by atoms with Gasteiger partial charge in [0.15, 0.2) is 0 Å². The van der Waals surface area contributed by atoms with Gasteiger partial charge in [0.25, 0.3) is 0 Å². The summed E-state index contributed by atoms with van der Waals surface area (Å²) in [5.74, 6) is 0.227. The molecule has 0 rings (SSSR count). The van der Waals surface area contributed by atoms with Crippen LogP contribution in [0.5, 0.6) is 0 Å². The monoisotopic (exact) mass is 168 g/mol. The molecule has 0 saturated heterocycles. The molecule has 1 heteroatoms. The van der Waals surface area contributed by atoms with Crippen molar-refractivity contribution in [2.75, 3.05) is 0 Å². The Kier molecular flexibility index (Phi) is 4.25. The normalized spacial score (nSPS) is 17.8. The van der Waals surface area contributed by atoms with Crippen LogP contribution in [0.2, 0.25) is 0 Å². The van der Waals surface area contributed by atoms with Crippen molar-refractivity contribution in [3.63, 3.8) is 0 Å². The Morgan fingerprint density at radius 2 is 2.08 bits per heavy atom. The van der Waals surface area contributed by atoms with Gasteiger partial charge < -0.3 is 5.11 Å². The number of aliphatic hydroxyl groups is 1. The van der Waals surface area contributed by atoms with E-state index in [2.05, 4.69) is 26.5 Å². The number of rotatable bonds is 4. The smallest absolute Gasteiger partial charge is 0.0825 e. The van der Waals surface area contributed by atoms with Crippen LogP contribution < -0.4 is 0 Å². The molecule has 2 unspecified atom stereocenters. The van der Waals surface area contributed by atoms with E-state index < -0.39 is 5.60 Å². The number of hydrogen-bond acceptors (Lipinski definition) is 1. The fourth-order valence-corrected chi connectivity index (χ4v) is 0.852. The molecule has 0 aliphatic carbocycles. The lowest BCUT2D eigenvalue weighted by atomic mass is 9.88. The summed E-state index contributed by atoms with van der Waals surface area (Å²) in [4.78, 5) is 0. The highest BCUT2D eigenvalue weighted by Crippen LogP contribution is 2.21. The molecule has 0 aromatic carbocycles. The van der Waals surface area contributed by atoms with Gasteiger partial charge in [0.1, 0.15) is 0 Å². The lowest BCUT2D eigenvalue weighted by Crippen LogP contribution is -2.29. The molecule has 0 heterocycles. The first kappa shape index (κ1) is 11.4. The summed E-state index contributed by atoms with van der Waals surface area (Å²) in [6, 6.07) is 0. The third-order valence-corrected chi connectivity index (χ3v) is 2.29. The van der Waals surface area contributed by atoms with E-state index >= 15 is 0 Å². The first-order chi connectivity index (χ1) is 5.40. The Morgan fingerprint density at radius 1 is 1.58 bits per heavy atom. The summed E-state index contributed by atoms with van der Waals surface area (Å²) in [7, 11) is 0. The first-order valence-corrected chi connectivity index (χ1v) is 4.39. The molecule has 0 radical (unpaired) electrons. The maximum absolute atomic E-state index is 9.76. The standard InChI is InChI=1S/C11H20O/c1-6-11(5,12)10(4)8-7-9(2)3/h6-7,10,12H,1,8H2,2-5H3. The van der Waals surface area contributed by atoms with Gasteiger partial charge in [-0.05, 0) is 33.1 Å². The minimum atomic E-state index is -0.744. The van der Waals surface area contributed by atoms with E-state index in [0.717, 1.165) is 6.42 Å². The second-order valence-electron chi connectivity index (χ2n) is 3.85. The van der Waals surface area contributed by atoms with Gasteiger partial charge >= 0.3 is 0 Å². The van der Waals surface area contributed by atoms with E-state index in [0.29, 0.717) is 0 Å². The average Bonchev–Trinajstić information content (AvgIpc) is 2.00. The van der Waals surface area contributed by atoms with Crippen LogP contribution in [0.3, 0.4) is 0 Å². The molecule has 1 N–H and O–H groups in total. The zero-order valence-electron chi connectivity index (χ0n) is 8.59. The Bertz CT molecular complexity index is 173. The maximum Gasteiger partial charge on any atom is 0.0825 e. The van der Waals surface area contributed by atoms with Crippen LogP contribution in [0.15, 0.2) is 24.3 Å². The Labute approximate surface area is 75.8 Å². The predicted molar refractivity (Wildman–Crippen MR) is 54.0 cm³/mol. The zero-order chi connectivity index (χ0) is 9.78. The van der Waals surface area contributed by atoms with Crippen molar-refractivity contribution in [3.05, 3.63) is 24.3 Å². The molecule has 1 nitrogen and oxygen atoms in total. The second kappa shape index (κ2) is 4.46. The maximum atomic E-state index is 9.76. The molecular formula is C11H20O. The van der Waals surface area contributed by atoms with Gasteiger partial charge in [-0.25, -0.2) is 0 Å². The van der Waals surface area contributed by atoms with Crippen LogP contribution >= 0.6 is 0 Å². The highest BCUT2D eigenvalue weighted by molar-refractivity contribution is 5.01. The van der Waals surface area contributed by atoms with Crippen molar-refractivity contribution in [2.45, 2.75) is 39.7 Å². The minimum absolute atomic E-state index is 0.227. The van der Waals surface area contributed by atoms with Crippen LogP contribution in [0, 0.1) is 5.92 Å². The van der Waals surface area contributed by atoms with E-state index in [1.54, 1.807) is 13.0 Å². The molecule has 2 atom stereocenters. The summed E-state index contributed by atoms with van der Waals surface area (Å²) in [6.45, 7) is 11.6. The number of hydrogen-bond donors (Lipinski definition) is 1. The van der Waals surface area contributed by atoms with Gasteiger partial charge in [-0.3, -0.25) is 0 Å². The highest BCUT2D eigenvalue weighted by atomic mass is 16.3. The van der Waals surface area contributed by atoms with Crippen molar-refractivity contribution in [1.29, 1.82) is 0 Å².